The molecule has 0 radical (unpaired) electrons. The molecule has 128 valence electrons. The smallest absolute Gasteiger partial charge is 0.276 e. The van der Waals surface area contributed by atoms with Crippen LogP contribution in [0.15, 0.2) is 34.8 Å². The van der Waals surface area contributed by atoms with Gasteiger partial charge < -0.3 is 10.4 Å². The summed E-state index contributed by atoms with van der Waals surface area (Å²) in [4.78, 5) is 17.1. The average Bonchev–Trinajstić information content (AvgIpc) is 2.54. The van der Waals surface area contributed by atoms with Crippen LogP contribution in [0.1, 0.15) is 15.9 Å². The number of hydrogen-bond donors (Lipinski definition) is 3. The molecule has 0 atom stereocenters. The number of anilines is 2. The molecule has 0 heterocycles. The van der Waals surface area contributed by atoms with Gasteiger partial charge in [0.25, 0.3) is 5.91 Å². The van der Waals surface area contributed by atoms with E-state index in [0.717, 1.165) is 14.8 Å². The van der Waals surface area contributed by atoms with Gasteiger partial charge in [-0.3, -0.25) is 9.63 Å². The second-order valence-electron chi connectivity index (χ2n) is 4.87. The van der Waals surface area contributed by atoms with Gasteiger partial charge in [0.2, 0.25) is 0 Å². The molecule has 2 aromatic rings. The summed E-state index contributed by atoms with van der Waals surface area (Å²) < 4.78 is 15.1. The van der Waals surface area contributed by atoms with Crippen molar-refractivity contribution in [2.75, 3.05) is 18.5 Å². The zero-order valence-electron chi connectivity index (χ0n) is 12.7. The van der Waals surface area contributed by atoms with Gasteiger partial charge in [0.1, 0.15) is 5.82 Å². The minimum Gasteiger partial charge on any atom is -0.394 e. The summed E-state index contributed by atoms with van der Waals surface area (Å²) in [7, 11) is 0. The minimum absolute atomic E-state index is 0.0346. The zero-order chi connectivity index (χ0) is 17.7. The predicted octanol–water partition coefficient (Wildman–Crippen LogP) is 3.90. The number of aryl methyl sites for hydroxylation is 1. The van der Waals surface area contributed by atoms with Crippen molar-refractivity contribution in [1.29, 1.82) is 0 Å². The van der Waals surface area contributed by atoms with E-state index >= 15 is 0 Å². The number of hydroxylamine groups is 1. The fourth-order valence-corrected chi connectivity index (χ4v) is 3.07. The number of nitrogens with one attached hydrogen (secondary N) is 2. The van der Waals surface area contributed by atoms with E-state index in [-0.39, 0.29) is 23.2 Å². The van der Waals surface area contributed by atoms with Crippen molar-refractivity contribution >= 4 is 55.8 Å². The maximum Gasteiger partial charge on any atom is 0.276 e. The lowest BCUT2D eigenvalue weighted by Crippen LogP contribution is -2.26. The Morgan fingerprint density at radius 3 is 2.79 bits per heavy atom. The largest absolute Gasteiger partial charge is 0.394 e. The third-order valence-electron chi connectivity index (χ3n) is 3.15. The number of carbonyl (C=O) groups excluding carboxylic acids is 1. The highest BCUT2D eigenvalue weighted by Gasteiger charge is 2.18. The third kappa shape index (κ3) is 4.65. The van der Waals surface area contributed by atoms with Crippen molar-refractivity contribution in [3.63, 3.8) is 0 Å². The Labute approximate surface area is 160 Å². The third-order valence-corrected chi connectivity index (χ3v) is 4.59. The summed E-state index contributed by atoms with van der Waals surface area (Å²) in [6.07, 6.45) is 0. The van der Waals surface area contributed by atoms with E-state index in [1.165, 1.54) is 12.1 Å². The summed E-state index contributed by atoms with van der Waals surface area (Å²) in [5.74, 6) is -1.04. The summed E-state index contributed by atoms with van der Waals surface area (Å²) >= 11 is 5.38. The molecule has 5 nitrogen and oxygen atoms in total. The molecular formula is C16H15BrFIN2O3. The van der Waals surface area contributed by atoms with Gasteiger partial charge in [-0.25, -0.2) is 9.87 Å². The lowest BCUT2D eigenvalue weighted by atomic mass is 10.1. The van der Waals surface area contributed by atoms with Gasteiger partial charge in [0.05, 0.1) is 28.9 Å². The predicted molar refractivity (Wildman–Crippen MR) is 102 cm³/mol. The Morgan fingerprint density at radius 1 is 1.38 bits per heavy atom. The number of carbonyl (C=O) groups is 1. The van der Waals surface area contributed by atoms with Crippen LogP contribution in [0.25, 0.3) is 0 Å². The van der Waals surface area contributed by atoms with Gasteiger partial charge in [0.15, 0.2) is 0 Å². The molecule has 0 unspecified atom stereocenters. The molecule has 0 aliphatic heterocycles. The van der Waals surface area contributed by atoms with Crippen molar-refractivity contribution in [3.05, 3.63) is 55.3 Å². The number of benzene rings is 2. The van der Waals surface area contributed by atoms with Crippen LogP contribution in [-0.4, -0.2) is 24.2 Å². The molecule has 0 fully saturated rings. The fraction of sp³-hybridized carbons (Fsp3) is 0.188. The van der Waals surface area contributed by atoms with Crippen LogP contribution in [0.2, 0.25) is 0 Å². The molecule has 1 amide bonds. The number of amides is 1. The SMILES string of the molecule is Cc1cc(I)ccc1Nc1c(C(=O)NOCCO)ccc(F)c1Br. The number of halogens is 3. The van der Waals surface area contributed by atoms with Crippen LogP contribution < -0.4 is 10.8 Å². The summed E-state index contributed by atoms with van der Waals surface area (Å²) in [5.41, 5.74) is 4.43. The van der Waals surface area contributed by atoms with E-state index in [0.29, 0.717) is 5.69 Å². The van der Waals surface area contributed by atoms with Gasteiger partial charge in [0, 0.05) is 9.26 Å². The first-order valence-corrected chi connectivity index (χ1v) is 8.85. The molecule has 3 N–H and O–H groups in total. The van der Waals surface area contributed by atoms with E-state index in [1.807, 2.05) is 25.1 Å². The fourth-order valence-electron chi connectivity index (χ4n) is 1.98. The molecule has 24 heavy (non-hydrogen) atoms. The molecule has 2 aromatic carbocycles. The van der Waals surface area contributed by atoms with Crippen LogP contribution in [-0.2, 0) is 4.84 Å². The van der Waals surface area contributed by atoms with Gasteiger partial charge in [-0.05, 0) is 81.3 Å². The molecule has 0 saturated carbocycles. The van der Waals surface area contributed by atoms with Gasteiger partial charge in [-0.1, -0.05) is 0 Å². The van der Waals surface area contributed by atoms with Crippen molar-refractivity contribution in [3.8, 4) is 0 Å². The van der Waals surface area contributed by atoms with E-state index in [1.54, 1.807) is 0 Å². The molecule has 0 aliphatic carbocycles. The van der Waals surface area contributed by atoms with Crippen LogP contribution >= 0.6 is 38.5 Å². The Kier molecular flexibility index (Phi) is 6.96. The Balaban J connectivity index is 2.36. The van der Waals surface area contributed by atoms with Crippen LogP contribution in [0.5, 0.6) is 0 Å². The highest BCUT2D eigenvalue weighted by Crippen LogP contribution is 2.33. The first kappa shape index (κ1) is 19.1. The summed E-state index contributed by atoms with van der Waals surface area (Å²) in [6.45, 7) is 1.66. The van der Waals surface area contributed by atoms with Gasteiger partial charge in [-0.2, -0.15) is 0 Å². The first-order valence-electron chi connectivity index (χ1n) is 6.98. The summed E-state index contributed by atoms with van der Waals surface area (Å²) in [6, 6.07) is 8.30. The number of rotatable bonds is 6. The Hall–Kier alpha value is -1.23. The van der Waals surface area contributed by atoms with Crippen molar-refractivity contribution in [1.82, 2.24) is 5.48 Å². The molecule has 0 aromatic heterocycles. The van der Waals surface area contributed by atoms with Crippen LogP contribution in [0, 0.1) is 16.3 Å². The summed E-state index contributed by atoms with van der Waals surface area (Å²) in [5, 5.41) is 11.8. The molecule has 0 bridgehead atoms. The lowest BCUT2D eigenvalue weighted by Gasteiger charge is -2.16. The maximum atomic E-state index is 13.9. The van der Waals surface area contributed by atoms with E-state index in [4.69, 9.17) is 9.94 Å². The van der Waals surface area contributed by atoms with Crippen molar-refractivity contribution < 1.29 is 19.1 Å². The normalized spacial score (nSPS) is 10.5. The molecule has 0 spiro atoms. The Morgan fingerprint density at radius 2 is 2.12 bits per heavy atom. The van der Waals surface area contributed by atoms with E-state index in [9.17, 15) is 9.18 Å². The monoisotopic (exact) mass is 508 g/mol. The minimum atomic E-state index is -0.546. The standard InChI is InChI=1S/C16H15BrFIN2O3/c1-9-8-10(19)2-5-13(9)20-15-11(3-4-12(18)14(15)17)16(23)21-24-7-6-22/h2-5,8,20,22H,6-7H2,1H3,(H,21,23). The molecular weight excluding hydrogens is 494 g/mol. The van der Waals surface area contributed by atoms with E-state index < -0.39 is 11.7 Å². The number of aliphatic hydroxyl groups is 1. The number of hydrogen-bond acceptors (Lipinski definition) is 4. The van der Waals surface area contributed by atoms with Crippen LogP contribution in [0.3, 0.4) is 0 Å². The molecule has 8 heteroatoms. The van der Waals surface area contributed by atoms with Crippen LogP contribution in [0.4, 0.5) is 15.8 Å². The first-order chi connectivity index (χ1) is 11.4. The molecule has 0 aliphatic rings. The van der Waals surface area contributed by atoms with Crippen molar-refractivity contribution in [2.45, 2.75) is 6.92 Å². The maximum absolute atomic E-state index is 13.9. The quantitative estimate of drug-likeness (QED) is 0.314. The lowest BCUT2D eigenvalue weighted by molar-refractivity contribution is 0.0169. The second-order valence-corrected chi connectivity index (χ2v) is 6.91. The average molecular weight is 509 g/mol. The van der Waals surface area contributed by atoms with Crippen molar-refractivity contribution in [2.24, 2.45) is 0 Å². The zero-order valence-corrected chi connectivity index (χ0v) is 16.4. The molecule has 2 rings (SSSR count). The highest BCUT2D eigenvalue weighted by atomic mass is 127. The van der Waals surface area contributed by atoms with Gasteiger partial charge >= 0.3 is 0 Å². The number of aliphatic hydroxyl groups excluding tert-OH is 1. The Bertz CT molecular complexity index is 758. The second kappa shape index (κ2) is 8.75. The molecule has 0 saturated heterocycles. The highest BCUT2D eigenvalue weighted by molar-refractivity contribution is 14.1. The van der Waals surface area contributed by atoms with Gasteiger partial charge in [-0.15, -0.1) is 0 Å². The topological polar surface area (TPSA) is 70.6 Å². The van der Waals surface area contributed by atoms with E-state index in [2.05, 4.69) is 49.3 Å².